The summed E-state index contributed by atoms with van der Waals surface area (Å²) in [5.41, 5.74) is 0.931. The maximum Gasteiger partial charge on any atom is 0.341 e. The molecular formula is C14H19N3O4. The maximum absolute atomic E-state index is 12.1. The molecule has 0 saturated carbocycles. The van der Waals surface area contributed by atoms with Gasteiger partial charge in [0.05, 0.1) is 26.3 Å². The van der Waals surface area contributed by atoms with Crippen molar-refractivity contribution in [3.63, 3.8) is 0 Å². The van der Waals surface area contributed by atoms with E-state index in [9.17, 15) is 4.79 Å². The third kappa shape index (κ3) is 3.08. The van der Waals surface area contributed by atoms with Gasteiger partial charge in [0.2, 0.25) is 5.88 Å². The first kappa shape index (κ1) is 14.1. The van der Waals surface area contributed by atoms with E-state index in [2.05, 4.69) is 10.3 Å². The smallest absolute Gasteiger partial charge is 0.341 e. The van der Waals surface area contributed by atoms with Gasteiger partial charge in [-0.2, -0.15) is 0 Å². The van der Waals surface area contributed by atoms with Crippen LogP contribution in [-0.2, 0) is 9.57 Å². The van der Waals surface area contributed by atoms with Crippen LogP contribution in [0.15, 0.2) is 18.3 Å². The number of amides is 2. The molecule has 2 aliphatic heterocycles. The number of urea groups is 1. The van der Waals surface area contributed by atoms with Crippen LogP contribution in [0.5, 0.6) is 5.88 Å². The van der Waals surface area contributed by atoms with Crippen LogP contribution in [0.25, 0.3) is 0 Å². The molecule has 7 heteroatoms. The number of ether oxygens (including phenoxy) is 2. The summed E-state index contributed by atoms with van der Waals surface area (Å²) in [4.78, 5) is 21.5. The molecule has 1 aromatic rings. The molecule has 0 aromatic carbocycles. The van der Waals surface area contributed by atoms with Crippen molar-refractivity contribution < 1.29 is 19.1 Å². The molecule has 114 valence electrons. The van der Waals surface area contributed by atoms with Gasteiger partial charge < -0.3 is 14.8 Å². The molecule has 1 aromatic heterocycles. The van der Waals surface area contributed by atoms with Gasteiger partial charge in [-0.05, 0) is 18.9 Å². The molecule has 0 bridgehead atoms. The second-order valence-electron chi connectivity index (χ2n) is 5.06. The van der Waals surface area contributed by atoms with Crippen LogP contribution in [0, 0.1) is 0 Å². The molecule has 2 atom stereocenters. The van der Waals surface area contributed by atoms with Crippen molar-refractivity contribution in [2.24, 2.45) is 0 Å². The third-order valence-electron chi connectivity index (χ3n) is 3.68. The molecule has 7 nitrogen and oxygen atoms in total. The fraction of sp³-hybridized carbons (Fsp3) is 0.571. The fourth-order valence-electron chi connectivity index (χ4n) is 2.58. The number of pyridine rings is 1. The molecule has 2 amide bonds. The van der Waals surface area contributed by atoms with E-state index in [0.717, 1.165) is 18.4 Å². The summed E-state index contributed by atoms with van der Waals surface area (Å²) in [5, 5.41) is 4.35. The monoisotopic (exact) mass is 293 g/mol. The zero-order valence-corrected chi connectivity index (χ0v) is 11.9. The summed E-state index contributed by atoms with van der Waals surface area (Å²) in [6.45, 7) is 1.84. The summed E-state index contributed by atoms with van der Waals surface area (Å²) in [7, 11) is 1.58. The molecule has 0 unspecified atom stereocenters. The van der Waals surface area contributed by atoms with Gasteiger partial charge in [0.15, 0.2) is 0 Å². The Labute approximate surface area is 123 Å². The molecule has 2 fully saturated rings. The quantitative estimate of drug-likeness (QED) is 0.908. The van der Waals surface area contributed by atoms with Crippen molar-refractivity contribution in [3.05, 3.63) is 23.9 Å². The molecular weight excluding hydrogens is 274 g/mol. The van der Waals surface area contributed by atoms with Gasteiger partial charge in [-0.1, -0.05) is 0 Å². The lowest BCUT2D eigenvalue weighted by Gasteiger charge is -2.23. The molecule has 0 spiro atoms. The molecule has 3 rings (SSSR count). The number of nitrogens with one attached hydrogen (secondary N) is 1. The number of carbonyl (C=O) groups is 1. The Morgan fingerprint density at radius 2 is 2.38 bits per heavy atom. The lowest BCUT2D eigenvalue weighted by Crippen LogP contribution is -2.44. The Morgan fingerprint density at radius 3 is 3.05 bits per heavy atom. The summed E-state index contributed by atoms with van der Waals surface area (Å²) in [6.07, 6.45) is 3.19. The highest BCUT2D eigenvalue weighted by Crippen LogP contribution is 2.29. The van der Waals surface area contributed by atoms with Gasteiger partial charge in [0.25, 0.3) is 0 Å². The molecule has 3 heterocycles. The maximum atomic E-state index is 12.1. The Morgan fingerprint density at radius 1 is 1.48 bits per heavy atom. The minimum atomic E-state index is -0.200. The Balaban J connectivity index is 1.65. The Hall–Kier alpha value is -1.86. The average Bonchev–Trinajstić information content (AvgIpc) is 3.19. The lowest BCUT2D eigenvalue weighted by molar-refractivity contribution is -0.0676. The van der Waals surface area contributed by atoms with E-state index < -0.39 is 0 Å². The Kier molecular flexibility index (Phi) is 4.21. The number of hydrogen-bond acceptors (Lipinski definition) is 5. The molecule has 0 radical (unpaired) electrons. The van der Waals surface area contributed by atoms with Crippen LogP contribution in [0.3, 0.4) is 0 Å². The van der Waals surface area contributed by atoms with Crippen LogP contribution in [0.4, 0.5) is 4.79 Å². The van der Waals surface area contributed by atoms with Crippen molar-refractivity contribution >= 4 is 6.03 Å². The number of hydroxylamine groups is 2. The zero-order valence-electron chi connectivity index (χ0n) is 11.9. The van der Waals surface area contributed by atoms with Gasteiger partial charge >= 0.3 is 6.03 Å². The normalized spacial score (nSPS) is 25.1. The topological polar surface area (TPSA) is 72.9 Å². The summed E-state index contributed by atoms with van der Waals surface area (Å²) in [6, 6.07) is 3.43. The highest BCUT2D eigenvalue weighted by molar-refractivity contribution is 5.73. The molecule has 0 aliphatic carbocycles. The SMILES string of the molecule is COc1ccc([C@H]2OCC[C@@H]2NC(=O)N2CCCO2)cn1. The lowest BCUT2D eigenvalue weighted by atomic mass is 10.0. The van der Waals surface area contributed by atoms with E-state index >= 15 is 0 Å². The first-order valence-corrected chi connectivity index (χ1v) is 7.10. The van der Waals surface area contributed by atoms with Crippen molar-refractivity contribution in [3.8, 4) is 5.88 Å². The summed E-state index contributed by atoms with van der Waals surface area (Å²) in [5.74, 6) is 0.558. The van der Waals surface area contributed by atoms with E-state index in [4.69, 9.17) is 14.3 Å². The molecule has 2 aliphatic rings. The van der Waals surface area contributed by atoms with Crippen LogP contribution in [0.1, 0.15) is 24.5 Å². The number of methoxy groups -OCH3 is 1. The number of rotatable bonds is 3. The highest BCUT2D eigenvalue weighted by Gasteiger charge is 2.33. The van der Waals surface area contributed by atoms with E-state index in [1.54, 1.807) is 19.4 Å². The number of carbonyl (C=O) groups excluding carboxylic acids is 1. The van der Waals surface area contributed by atoms with Gasteiger partial charge in [-0.25, -0.2) is 14.8 Å². The second kappa shape index (κ2) is 6.28. The van der Waals surface area contributed by atoms with E-state index in [1.165, 1.54) is 5.06 Å². The van der Waals surface area contributed by atoms with Crippen LogP contribution in [-0.4, -0.2) is 49.0 Å². The summed E-state index contributed by atoms with van der Waals surface area (Å²) < 4.78 is 10.8. The van der Waals surface area contributed by atoms with Crippen LogP contribution in [0.2, 0.25) is 0 Å². The molecule has 1 N–H and O–H groups in total. The minimum Gasteiger partial charge on any atom is -0.481 e. The fourth-order valence-corrected chi connectivity index (χ4v) is 2.58. The van der Waals surface area contributed by atoms with Crippen LogP contribution >= 0.6 is 0 Å². The first-order valence-electron chi connectivity index (χ1n) is 7.10. The predicted molar refractivity (Wildman–Crippen MR) is 73.7 cm³/mol. The molecule has 21 heavy (non-hydrogen) atoms. The third-order valence-corrected chi connectivity index (χ3v) is 3.68. The number of hydrogen-bond donors (Lipinski definition) is 1. The number of nitrogens with zero attached hydrogens (tertiary/aromatic N) is 2. The van der Waals surface area contributed by atoms with E-state index in [-0.39, 0.29) is 18.2 Å². The van der Waals surface area contributed by atoms with Crippen molar-refractivity contribution in [1.82, 2.24) is 15.4 Å². The Bertz CT molecular complexity index is 487. The molecule has 2 saturated heterocycles. The highest BCUT2D eigenvalue weighted by atomic mass is 16.7. The first-order chi connectivity index (χ1) is 10.3. The van der Waals surface area contributed by atoms with Gasteiger partial charge in [-0.3, -0.25) is 4.84 Å². The second-order valence-corrected chi connectivity index (χ2v) is 5.06. The van der Waals surface area contributed by atoms with Crippen molar-refractivity contribution in [2.45, 2.75) is 25.0 Å². The van der Waals surface area contributed by atoms with Gasteiger partial charge in [0, 0.05) is 24.4 Å². The average molecular weight is 293 g/mol. The van der Waals surface area contributed by atoms with Crippen molar-refractivity contribution in [1.29, 1.82) is 0 Å². The summed E-state index contributed by atoms with van der Waals surface area (Å²) >= 11 is 0. The van der Waals surface area contributed by atoms with Crippen molar-refractivity contribution in [2.75, 3.05) is 26.9 Å². The predicted octanol–water partition coefficient (Wildman–Crippen LogP) is 1.27. The van der Waals surface area contributed by atoms with E-state index in [1.807, 2.05) is 6.07 Å². The largest absolute Gasteiger partial charge is 0.481 e. The number of aromatic nitrogens is 1. The minimum absolute atomic E-state index is 0.0723. The standard InChI is InChI=1S/C14H19N3O4/c1-19-12-4-3-10(9-15-12)13-11(5-8-20-13)16-14(18)17-6-2-7-21-17/h3-4,9,11,13H,2,5-8H2,1H3,(H,16,18)/t11-,13+/m0/s1. The zero-order chi connectivity index (χ0) is 14.7. The van der Waals surface area contributed by atoms with E-state index in [0.29, 0.717) is 25.6 Å². The van der Waals surface area contributed by atoms with Gasteiger partial charge in [0.1, 0.15) is 6.10 Å². The van der Waals surface area contributed by atoms with Crippen LogP contribution < -0.4 is 10.1 Å². The van der Waals surface area contributed by atoms with Gasteiger partial charge in [-0.15, -0.1) is 0 Å².